The summed E-state index contributed by atoms with van der Waals surface area (Å²) in [5.41, 5.74) is 3.94. The number of hydrogen-bond donors (Lipinski definition) is 3. The summed E-state index contributed by atoms with van der Waals surface area (Å²) in [5.74, 6) is 0.525. The summed E-state index contributed by atoms with van der Waals surface area (Å²) in [4.78, 5) is 23.2. The molecule has 0 unspecified atom stereocenters. The number of carbonyl (C=O) groups is 2. The molecule has 22 heavy (non-hydrogen) atoms. The zero-order chi connectivity index (χ0) is 15.4. The first-order chi connectivity index (χ1) is 10.7. The van der Waals surface area contributed by atoms with Crippen molar-refractivity contribution in [3.8, 4) is 0 Å². The summed E-state index contributed by atoms with van der Waals surface area (Å²) >= 11 is 0. The number of hydrogen-bond acceptors (Lipinski definition) is 2. The molecule has 3 amide bonds. The number of fused-ring (bicyclic) bond motifs is 1. The fourth-order valence-corrected chi connectivity index (χ4v) is 2.78. The average Bonchev–Trinajstić information content (AvgIpc) is 3.24. The van der Waals surface area contributed by atoms with E-state index >= 15 is 0 Å². The Kier molecular flexibility index (Phi) is 4.61. The molecule has 1 fully saturated rings. The fourth-order valence-electron chi connectivity index (χ4n) is 2.78. The minimum Gasteiger partial charge on any atom is -0.354 e. The van der Waals surface area contributed by atoms with Crippen LogP contribution in [0.15, 0.2) is 18.2 Å². The van der Waals surface area contributed by atoms with Crippen LogP contribution < -0.4 is 16.0 Å². The maximum Gasteiger partial charge on any atom is 0.315 e. The van der Waals surface area contributed by atoms with Crippen molar-refractivity contribution in [2.75, 3.05) is 13.1 Å². The third-order valence-electron chi connectivity index (χ3n) is 4.31. The molecular formula is C17H23N3O2. The van der Waals surface area contributed by atoms with Gasteiger partial charge in [0.05, 0.1) is 6.54 Å². The average molecular weight is 301 g/mol. The lowest BCUT2D eigenvalue weighted by molar-refractivity contribution is -0.120. The van der Waals surface area contributed by atoms with Crippen LogP contribution in [0, 0.1) is 5.92 Å². The third-order valence-corrected chi connectivity index (χ3v) is 4.31. The maximum atomic E-state index is 11.7. The van der Waals surface area contributed by atoms with Crippen LogP contribution in [0.4, 0.5) is 4.79 Å². The molecular weight excluding hydrogens is 278 g/mol. The number of benzene rings is 1. The molecule has 3 rings (SSSR count). The van der Waals surface area contributed by atoms with Crippen molar-refractivity contribution in [2.24, 2.45) is 5.92 Å². The van der Waals surface area contributed by atoms with E-state index in [-0.39, 0.29) is 18.5 Å². The molecule has 0 aromatic heterocycles. The molecule has 1 aromatic carbocycles. The molecule has 3 N–H and O–H groups in total. The smallest absolute Gasteiger partial charge is 0.315 e. The molecule has 2 aliphatic carbocycles. The molecule has 5 nitrogen and oxygen atoms in total. The van der Waals surface area contributed by atoms with Crippen LogP contribution in [-0.2, 0) is 24.2 Å². The minimum atomic E-state index is -0.304. The van der Waals surface area contributed by atoms with Crippen LogP contribution in [0.2, 0.25) is 0 Å². The second-order valence-corrected chi connectivity index (χ2v) is 6.24. The Bertz CT molecular complexity index is 567. The standard InChI is InChI=1S/C17H23N3O2/c21-16(18-9-12-4-5-12)11-20-17(22)19-10-13-6-7-14-2-1-3-15(14)8-13/h6-8,12H,1-5,9-11H2,(H,18,21)(H2,19,20,22). The Morgan fingerprint density at radius 2 is 1.86 bits per heavy atom. The minimum absolute atomic E-state index is 0.0305. The Morgan fingerprint density at radius 1 is 1.05 bits per heavy atom. The van der Waals surface area contributed by atoms with E-state index in [1.807, 2.05) is 0 Å². The number of urea groups is 1. The first kappa shape index (κ1) is 14.9. The van der Waals surface area contributed by atoms with Crippen LogP contribution in [0.1, 0.15) is 36.0 Å². The third kappa shape index (κ3) is 4.23. The first-order valence-corrected chi connectivity index (χ1v) is 8.10. The summed E-state index contributed by atoms with van der Waals surface area (Å²) in [5, 5.41) is 8.20. The zero-order valence-electron chi connectivity index (χ0n) is 12.8. The summed E-state index contributed by atoms with van der Waals surface area (Å²) in [7, 11) is 0. The number of amides is 3. The highest BCUT2D eigenvalue weighted by Crippen LogP contribution is 2.27. The predicted octanol–water partition coefficient (Wildman–Crippen LogP) is 1.50. The molecule has 118 valence electrons. The van der Waals surface area contributed by atoms with Crippen LogP contribution in [0.5, 0.6) is 0 Å². The van der Waals surface area contributed by atoms with Crippen LogP contribution in [0.25, 0.3) is 0 Å². The summed E-state index contributed by atoms with van der Waals surface area (Å²) in [6.45, 7) is 1.25. The van der Waals surface area contributed by atoms with Crippen molar-refractivity contribution in [1.82, 2.24) is 16.0 Å². The van der Waals surface area contributed by atoms with Gasteiger partial charge in [-0.3, -0.25) is 4.79 Å². The van der Waals surface area contributed by atoms with Gasteiger partial charge in [-0.05, 0) is 54.7 Å². The molecule has 0 bridgehead atoms. The van der Waals surface area contributed by atoms with Gasteiger partial charge in [-0.25, -0.2) is 4.79 Å². The highest BCUT2D eigenvalue weighted by atomic mass is 16.2. The van der Waals surface area contributed by atoms with Crippen LogP contribution in [-0.4, -0.2) is 25.0 Å². The van der Waals surface area contributed by atoms with Crippen molar-refractivity contribution in [3.05, 3.63) is 34.9 Å². The van der Waals surface area contributed by atoms with E-state index in [0.29, 0.717) is 12.5 Å². The zero-order valence-corrected chi connectivity index (χ0v) is 12.8. The topological polar surface area (TPSA) is 70.2 Å². The Hall–Kier alpha value is -2.04. The van der Waals surface area contributed by atoms with Crippen molar-refractivity contribution in [3.63, 3.8) is 0 Å². The molecule has 0 atom stereocenters. The quantitative estimate of drug-likeness (QED) is 0.745. The van der Waals surface area contributed by atoms with E-state index in [1.165, 1.54) is 36.8 Å². The maximum absolute atomic E-state index is 11.7. The predicted molar refractivity (Wildman–Crippen MR) is 84.4 cm³/mol. The van der Waals surface area contributed by atoms with E-state index < -0.39 is 0 Å². The van der Waals surface area contributed by atoms with Crippen molar-refractivity contribution < 1.29 is 9.59 Å². The number of nitrogens with one attached hydrogen (secondary N) is 3. The molecule has 1 aromatic rings. The van der Waals surface area contributed by atoms with E-state index in [2.05, 4.69) is 34.1 Å². The van der Waals surface area contributed by atoms with Gasteiger partial charge in [0, 0.05) is 13.1 Å². The van der Waals surface area contributed by atoms with E-state index in [9.17, 15) is 9.59 Å². The second kappa shape index (κ2) is 6.81. The molecule has 2 aliphatic rings. The van der Waals surface area contributed by atoms with E-state index in [0.717, 1.165) is 18.5 Å². The molecule has 0 aliphatic heterocycles. The second-order valence-electron chi connectivity index (χ2n) is 6.24. The van der Waals surface area contributed by atoms with Gasteiger partial charge in [-0.15, -0.1) is 0 Å². The van der Waals surface area contributed by atoms with Gasteiger partial charge in [0.15, 0.2) is 0 Å². The molecule has 0 spiro atoms. The summed E-state index contributed by atoms with van der Waals surface area (Å²) in [6.07, 6.45) is 5.93. The van der Waals surface area contributed by atoms with Crippen molar-refractivity contribution in [1.29, 1.82) is 0 Å². The van der Waals surface area contributed by atoms with E-state index in [1.54, 1.807) is 0 Å². The van der Waals surface area contributed by atoms with Crippen molar-refractivity contribution >= 4 is 11.9 Å². The van der Waals surface area contributed by atoms with Gasteiger partial charge in [0.2, 0.25) is 5.91 Å². The fraction of sp³-hybridized carbons (Fsp3) is 0.529. The number of rotatable bonds is 6. The monoisotopic (exact) mass is 301 g/mol. The van der Waals surface area contributed by atoms with Gasteiger partial charge in [0.25, 0.3) is 0 Å². The van der Waals surface area contributed by atoms with Crippen molar-refractivity contribution in [2.45, 2.75) is 38.6 Å². The lowest BCUT2D eigenvalue weighted by atomic mass is 10.1. The molecule has 0 saturated heterocycles. The highest BCUT2D eigenvalue weighted by molar-refractivity contribution is 5.83. The van der Waals surface area contributed by atoms with Gasteiger partial charge >= 0.3 is 6.03 Å². The highest BCUT2D eigenvalue weighted by Gasteiger charge is 2.21. The largest absolute Gasteiger partial charge is 0.354 e. The van der Waals surface area contributed by atoms with Crippen LogP contribution >= 0.6 is 0 Å². The lowest BCUT2D eigenvalue weighted by Crippen LogP contribution is -2.42. The molecule has 0 radical (unpaired) electrons. The lowest BCUT2D eigenvalue weighted by Gasteiger charge is -2.09. The Morgan fingerprint density at radius 3 is 2.68 bits per heavy atom. The molecule has 0 heterocycles. The first-order valence-electron chi connectivity index (χ1n) is 8.10. The van der Waals surface area contributed by atoms with E-state index in [4.69, 9.17) is 0 Å². The molecule has 5 heteroatoms. The summed E-state index contributed by atoms with van der Waals surface area (Å²) in [6, 6.07) is 6.09. The normalized spacial score (nSPS) is 16.0. The van der Waals surface area contributed by atoms with Gasteiger partial charge in [0.1, 0.15) is 0 Å². The molecule has 1 saturated carbocycles. The number of aryl methyl sites for hydroxylation is 2. The Labute approximate surface area is 130 Å². The van der Waals surface area contributed by atoms with Gasteiger partial charge in [-0.1, -0.05) is 18.2 Å². The van der Waals surface area contributed by atoms with Crippen LogP contribution in [0.3, 0.4) is 0 Å². The summed E-state index contributed by atoms with van der Waals surface area (Å²) < 4.78 is 0. The van der Waals surface area contributed by atoms with Gasteiger partial charge in [-0.2, -0.15) is 0 Å². The number of carbonyl (C=O) groups excluding carboxylic acids is 2. The SMILES string of the molecule is O=C(CNC(=O)NCc1ccc2c(c1)CCC2)NCC1CC1. The Balaban J connectivity index is 1.35. The van der Waals surface area contributed by atoms with Gasteiger partial charge < -0.3 is 16.0 Å².